The van der Waals surface area contributed by atoms with Crippen LogP contribution in [0.3, 0.4) is 0 Å². The summed E-state index contributed by atoms with van der Waals surface area (Å²) in [5.74, 6) is -0.546. The standard InChI is InChI=1S/C13H9N3O4/c1-19-9-2-3-11(10(4-9)13(17)18)20-12-7-15-8(5-14)6-16-12/h2-4,6-7H,1H3,(H,17,18). The second-order valence-electron chi connectivity index (χ2n) is 3.62. The van der Waals surface area contributed by atoms with E-state index in [-0.39, 0.29) is 22.9 Å². The molecule has 1 N–H and O–H groups in total. The van der Waals surface area contributed by atoms with Crippen molar-refractivity contribution in [2.75, 3.05) is 7.11 Å². The molecule has 2 aromatic rings. The zero-order chi connectivity index (χ0) is 14.5. The molecule has 1 aromatic heterocycles. The van der Waals surface area contributed by atoms with E-state index in [2.05, 4.69) is 9.97 Å². The van der Waals surface area contributed by atoms with E-state index in [0.717, 1.165) is 0 Å². The van der Waals surface area contributed by atoms with Crippen LogP contribution in [-0.2, 0) is 0 Å². The normalized spacial score (nSPS) is 9.60. The van der Waals surface area contributed by atoms with Crippen LogP contribution in [0.5, 0.6) is 17.4 Å². The number of carbonyl (C=O) groups is 1. The smallest absolute Gasteiger partial charge is 0.339 e. The molecule has 7 heteroatoms. The number of ether oxygens (including phenoxy) is 2. The van der Waals surface area contributed by atoms with Crippen LogP contribution in [-0.4, -0.2) is 28.2 Å². The maximum absolute atomic E-state index is 11.2. The van der Waals surface area contributed by atoms with E-state index < -0.39 is 5.97 Å². The van der Waals surface area contributed by atoms with Crippen molar-refractivity contribution in [2.45, 2.75) is 0 Å². The lowest BCUT2D eigenvalue weighted by Crippen LogP contribution is -2.01. The summed E-state index contributed by atoms with van der Waals surface area (Å²) in [6, 6.07) is 6.19. The highest BCUT2D eigenvalue weighted by Crippen LogP contribution is 2.27. The molecule has 20 heavy (non-hydrogen) atoms. The number of benzene rings is 1. The number of carboxylic acids is 1. The Kier molecular flexibility index (Phi) is 3.77. The van der Waals surface area contributed by atoms with E-state index in [1.165, 1.54) is 31.6 Å². The van der Waals surface area contributed by atoms with Crippen molar-refractivity contribution in [2.24, 2.45) is 0 Å². The van der Waals surface area contributed by atoms with Crippen molar-refractivity contribution in [3.8, 4) is 23.4 Å². The lowest BCUT2D eigenvalue weighted by atomic mass is 10.2. The zero-order valence-electron chi connectivity index (χ0n) is 10.4. The molecule has 1 aromatic carbocycles. The van der Waals surface area contributed by atoms with Gasteiger partial charge in [0.2, 0.25) is 5.88 Å². The minimum absolute atomic E-state index is 0.0597. The van der Waals surface area contributed by atoms with Gasteiger partial charge in [0.25, 0.3) is 0 Å². The predicted molar refractivity (Wildman–Crippen MR) is 66.8 cm³/mol. The molecule has 0 fully saturated rings. The molecule has 0 atom stereocenters. The molecule has 7 nitrogen and oxygen atoms in total. The molecule has 0 bridgehead atoms. The second kappa shape index (κ2) is 5.67. The van der Waals surface area contributed by atoms with Gasteiger partial charge in [0.05, 0.1) is 19.5 Å². The van der Waals surface area contributed by atoms with Crippen molar-refractivity contribution in [3.05, 3.63) is 41.9 Å². The van der Waals surface area contributed by atoms with Gasteiger partial charge >= 0.3 is 5.97 Å². The Hall–Kier alpha value is -3.14. The molecule has 0 unspecified atom stereocenters. The maximum Gasteiger partial charge on any atom is 0.339 e. The third-order valence-electron chi connectivity index (χ3n) is 2.37. The molecular formula is C13H9N3O4. The van der Waals surface area contributed by atoms with Crippen LogP contribution >= 0.6 is 0 Å². The number of rotatable bonds is 4. The predicted octanol–water partition coefficient (Wildman–Crippen LogP) is 1.85. The summed E-state index contributed by atoms with van der Waals surface area (Å²) < 4.78 is 10.3. The van der Waals surface area contributed by atoms with Gasteiger partial charge < -0.3 is 14.6 Å². The molecule has 2 rings (SSSR count). The Labute approximate surface area is 114 Å². The van der Waals surface area contributed by atoms with Crippen molar-refractivity contribution in [1.82, 2.24) is 9.97 Å². The minimum Gasteiger partial charge on any atom is -0.497 e. The van der Waals surface area contributed by atoms with Gasteiger partial charge in [-0.3, -0.25) is 0 Å². The average molecular weight is 271 g/mol. The van der Waals surface area contributed by atoms with Gasteiger partial charge in [-0.05, 0) is 18.2 Å². The fourth-order valence-corrected chi connectivity index (χ4v) is 1.43. The number of nitriles is 1. The van der Waals surface area contributed by atoms with Gasteiger partial charge in [-0.25, -0.2) is 14.8 Å². The molecule has 0 aliphatic rings. The molecule has 0 radical (unpaired) electrons. The molecule has 1 heterocycles. The van der Waals surface area contributed by atoms with Crippen LogP contribution in [0.4, 0.5) is 0 Å². The zero-order valence-corrected chi connectivity index (χ0v) is 10.4. The molecule has 0 saturated carbocycles. The molecule has 0 aliphatic carbocycles. The van der Waals surface area contributed by atoms with E-state index in [9.17, 15) is 4.79 Å². The number of hydrogen-bond acceptors (Lipinski definition) is 6. The summed E-state index contributed by atoms with van der Waals surface area (Å²) in [5.41, 5.74) is 0.0843. The first kappa shape index (κ1) is 13.3. The van der Waals surface area contributed by atoms with Gasteiger partial charge in [0.1, 0.15) is 23.1 Å². The van der Waals surface area contributed by atoms with E-state index in [1.807, 2.05) is 6.07 Å². The van der Waals surface area contributed by atoms with Crippen molar-refractivity contribution in [3.63, 3.8) is 0 Å². The SMILES string of the molecule is COc1ccc(Oc2cnc(C#N)cn2)c(C(=O)O)c1. The van der Waals surface area contributed by atoms with Crippen molar-refractivity contribution in [1.29, 1.82) is 5.26 Å². The summed E-state index contributed by atoms with van der Waals surface area (Å²) in [6.07, 6.45) is 2.48. The van der Waals surface area contributed by atoms with E-state index >= 15 is 0 Å². The van der Waals surface area contributed by atoms with Crippen LogP contribution in [0.25, 0.3) is 0 Å². The monoisotopic (exact) mass is 271 g/mol. The number of aromatic carboxylic acids is 1. The molecule has 0 spiro atoms. The molecule has 0 aliphatic heterocycles. The van der Waals surface area contributed by atoms with Gasteiger partial charge in [-0.15, -0.1) is 0 Å². The highest BCUT2D eigenvalue weighted by atomic mass is 16.5. The minimum atomic E-state index is -1.15. The highest BCUT2D eigenvalue weighted by molar-refractivity contribution is 5.91. The van der Waals surface area contributed by atoms with Gasteiger partial charge in [0.15, 0.2) is 5.69 Å². The van der Waals surface area contributed by atoms with Gasteiger partial charge in [-0.2, -0.15) is 5.26 Å². The summed E-state index contributed by atoms with van der Waals surface area (Å²) in [6.45, 7) is 0. The molecule has 100 valence electrons. The van der Waals surface area contributed by atoms with Gasteiger partial charge in [-0.1, -0.05) is 0 Å². The number of methoxy groups -OCH3 is 1. The molecule has 0 saturated heterocycles. The Morgan fingerprint density at radius 1 is 1.35 bits per heavy atom. The number of hydrogen-bond donors (Lipinski definition) is 1. The number of nitrogens with zero attached hydrogens (tertiary/aromatic N) is 3. The first-order valence-electron chi connectivity index (χ1n) is 5.45. The Morgan fingerprint density at radius 2 is 2.15 bits per heavy atom. The Balaban J connectivity index is 2.32. The number of aromatic nitrogens is 2. The molecule has 0 amide bonds. The van der Waals surface area contributed by atoms with Crippen molar-refractivity contribution < 1.29 is 19.4 Å². The highest BCUT2D eigenvalue weighted by Gasteiger charge is 2.14. The average Bonchev–Trinajstić information content (AvgIpc) is 2.48. The Bertz CT molecular complexity index is 677. The first-order chi connectivity index (χ1) is 9.63. The van der Waals surface area contributed by atoms with Crippen LogP contribution in [0, 0.1) is 11.3 Å². The molecular weight excluding hydrogens is 262 g/mol. The maximum atomic E-state index is 11.2. The van der Waals surface area contributed by atoms with Crippen LogP contribution in [0.1, 0.15) is 16.1 Å². The van der Waals surface area contributed by atoms with E-state index in [4.69, 9.17) is 19.8 Å². The van der Waals surface area contributed by atoms with E-state index in [0.29, 0.717) is 5.75 Å². The van der Waals surface area contributed by atoms with Crippen LogP contribution < -0.4 is 9.47 Å². The summed E-state index contributed by atoms with van der Waals surface area (Å²) >= 11 is 0. The van der Waals surface area contributed by atoms with E-state index in [1.54, 1.807) is 6.07 Å². The summed E-state index contributed by atoms with van der Waals surface area (Å²) in [4.78, 5) is 18.8. The first-order valence-corrected chi connectivity index (χ1v) is 5.45. The van der Waals surface area contributed by atoms with Crippen LogP contribution in [0.15, 0.2) is 30.6 Å². The topological polar surface area (TPSA) is 105 Å². The lowest BCUT2D eigenvalue weighted by Gasteiger charge is -2.09. The fourth-order valence-electron chi connectivity index (χ4n) is 1.43. The third kappa shape index (κ3) is 2.81. The van der Waals surface area contributed by atoms with Crippen LogP contribution in [0.2, 0.25) is 0 Å². The Morgan fingerprint density at radius 3 is 2.70 bits per heavy atom. The number of carboxylic acid groups (broad SMARTS) is 1. The largest absolute Gasteiger partial charge is 0.497 e. The van der Waals surface area contributed by atoms with Crippen molar-refractivity contribution >= 4 is 5.97 Å². The fraction of sp³-hybridized carbons (Fsp3) is 0.0769. The third-order valence-corrected chi connectivity index (χ3v) is 2.37. The quantitative estimate of drug-likeness (QED) is 0.904. The second-order valence-corrected chi connectivity index (χ2v) is 3.62. The van der Waals surface area contributed by atoms with Gasteiger partial charge in [0, 0.05) is 0 Å². The summed E-state index contributed by atoms with van der Waals surface area (Å²) in [5, 5.41) is 17.7. The summed E-state index contributed by atoms with van der Waals surface area (Å²) in [7, 11) is 1.44. The lowest BCUT2D eigenvalue weighted by molar-refractivity contribution is 0.0693.